The van der Waals surface area contributed by atoms with E-state index in [1.165, 1.54) is 12.1 Å². The number of halogens is 3. The van der Waals surface area contributed by atoms with E-state index in [4.69, 9.17) is 9.16 Å². The van der Waals surface area contributed by atoms with Crippen LogP contribution in [-0.2, 0) is 15.4 Å². The van der Waals surface area contributed by atoms with Crippen molar-refractivity contribution >= 4 is 14.6 Å². The molecule has 0 aliphatic rings. The van der Waals surface area contributed by atoms with E-state index in [1.807, 2.05) is 33.9 Å². The van der Waals surface area contributed by atoms with E-state index < -0.39 is 26.2 Å². The van der Waals surface area contributed by atoms with Gasteiger partial charge in [0.05, 0.1) is 5.56 Å². The maximum atomic E-state index is 12.7. The van der Waals surface area contributed by atoms with Crippen molar-refractivity contribution in [2.24, 2.45) is 0 Å². The Morgan fingerprint density at radius 2 is 1.83 bits per heavy atom. The van der Waals surface area contributed by atoms with Crippen molar-refractivity contribution < 1.29 is 27.1 Å². The highest BCUT2D eigenvalue weighted by Gasteiger charge is 2.39. The van der Waals surface area contributed by atoms with Crippen LogP contribution in [0.15, 0.2) is 24.3 Å². The smallest absolute Gasteiger partial charge is 0.416 e. The molecule has 1 aromatic carbocycles. The summed E-state index contributed by atoms with van der Waals surface area (Å²) in [6.07, 6.45) is -4.60. The van der Waals surface area contributed by atoms with E-state index in [1.54, 1.807) is 0 Å². The van der Waals surface area contributed by atoms with Crippen LogP contribution in [0.5, 0.6) is 5.75 Å². The molecular weight excluding hydrogens is 325 g/mol. The predicted octanol–water partition coefficient (Wildman–Crippen LogP) is 4.67. The van der Waals surface area contributed by atoms with E-state index in [0.29, 0.717) is 6.29 Å². The van der Waals surface area contributed by atoms with Crippen LogP contribution in [0.2, 0.25) is 18.1 Å². The molecule has 130 valence electrons. The van der Waals surface area contributed by atoms with Gasteiger partial charge in [-0.15, -0.1) is 0 Å². The van der Waals surface area contributed by atoms with Gasteiger partial charge in [0.1, 0.15) is 18.5 Å². The molecule has 0 bridgehead atoms. The highest BCUT2D eigenvalue weighted by molar-refractivity contribution is 6.74. The summed E-state index contributed by atoms with van der Waals surface area (Å²) in [5.74, 6) is 0.0607. The van der Waals surface area contributed by atoms with Gasteiger partial charge in [0, 0.05) is 0 Å². The molecule has 0 heterocycles. The van der Waals surface area contributed by atoms with Crippen molar-refractivity contribution in [2.45, 2.75) is 51.2 Å². The maximum absolute atomic E-state index is 12.7. The lowest BCUT2D eigenvalue weighted by atomic mass is 10.2. The quantitative estimate of drug-likeness (QED) is 0.553. The zero-order valence-corrected chi connectivity index (χ0v) is 15.0. The lowest BCUT2D eigenvalue weighted by molar-refractivity contribution is -0.137. The van der Waals surface area contributed by atoms with Gasteiger partial charge in [-0.2, -0.15) is 13.2 Å². The number of rotatable bonds is 6. The van der Waals surface area contributed by atoms with Gasteiger partial charge < -0.3 is 14.0 Å². The maximum Gasteiger partial charge on any atom is 0.416 e. The Balaban J connectivity index is 2.74. The van der Waals surface area contributed by atoms with Gasteiger partial charge >= 0.3 is 6.18 Å². The third-order valence-electron chi connectivity index (χ3n) is 3.98. The molecule has 7 heteroatoms. The van der Waals surface area contributed by atoms with E-state index in [2.05, 4.69) is 0 Å². The van der Waals surface area contributed by atoms with Crippen LogP contribution in [0.4, 0.5) is 13.2 Å². The number of carbonyl (C=O) groups excluding carboxylic acids is 1. The molecule has 0 unspecified atom stereocenters. The second kappa shape index (κ2) is 7.05. The Labute approximate surface area is 135 Å². The number of aldehydes is 1. The molecule has 1 rings (SSSR count). The first-order chi connectivity index (χ1) is 10.4. The van der Waals surface area contributed by atoms with Crippen LogP contribution < -0.4 is 4.74 Å². The summed E-state index contributed by atoms with van der Waals surface area (Å²) in [7, 11) is -2.16. The number of ether oxygens (including phenoxy) is 1. The Bertz CT molecular complexity index is 536. The summed E-state index contributed by atoms with van der Waals surface area (Å²) >= 11 is 0. The molecule has 0 saturated carbocycles. The SMILES string of the molecule is CC(C)(C)[Si](C)(C)O[C@H](C=O)COc1cccc(C(F)(F)F)c1. The van der Waals surface area contributed by atoms with Crippen LogP contribution in [0.1, 0.15) is 26.3 Å². The third kappa shape index (κ3) is 5.66. The van der Waals surface area contributed by atoms with Crippen molar-refractivity contribution in [3.05, 3.63) is 29.8 Å². The fourth-order valence-electron chi connectivity index (χ4n) is 1.60. The molecule has 0 radical (unpaired) electrons. The molecule has 3 nitrogen and oxygen atoms in total. The lowest BCUT2D eigenvalue weighted by Gasteiger charge is -2.37. The minimum Gasteiger partial charge on any atom is -0.490 e. The van der Waals surface area contributed by atoms with Gasteiger partial charge in [-0.3, -0.25) is 0 Å². The largest absolute Gasteiger partial charge is 0.490 e. The first-order valence-electron chi connectivity index (χ1n) is 7.30. The number of carbonyl (C=O) groups is 1. The Hall–Kier alpha value is -1.34. The Morgan fingerprint density at radius 1 is 1.22 bits per heavy atom. The number of hydrogen-bond donors (Lipinski definition) is 0. The summed E-state index contributed by atoms with van der Waals surface area (Å²) in [5, 5.41) is -0.0789. The second-order valence-corrected chi connectivity index (χ2v) is 11.6. The van der Waals surface area contributed by atoms with Crippen LogP contribution in [0.3, 0.4) is 0 Å². The highest BCUT2D eigenvalue weighted by atomic mass is 28.4. The van der Waals surface area contributed by atoms with E-state index in [9.17, 15) is 18.0 Å². The fourth-order valence-corrected chi connectivity index (χ4v) is 2.83. The fraction of sp³-hybridized carbons (Fsp3) is 0.562. The first-order valence-corrected chi connectivity index (χ1v) is 10.2. The normalized spacial score (nSPS) is 14.4. The van der Waals surface area contributed by atoms with E-state index in [0.717, 1.165) is 12.1 Å². The first kappa shape index (κ1) is 19.7. The van der Waals surface area contributed by atoms with Crippen molar-refractivity contribution in [3.63, 3.8) is 0 Å². The zero-order chi connectivity index (χ0) is 17.9. The molecule has 0 aliphatic heterocycles. The standard InChI is InChI=1S/C16H23F3O3Si/c1-15(2,3)23(4,5)22-14(10-20)11-21-13-8-6-7-12(9-13)16(17,18)19/h6-10,14H,11H2,1-5H3/t14-/m1/s1. The summed E-state index contributed by atoms with van der Waals surface area (Å²) < 4.78 is 49.2. The number of hydrogen-bond acceptors (Lipinski definition) is 3. The second-order valence-electron chi connectivity index (χ2n) is 6.89. The molecule has 0 amide bonds. The monoisotopic (exact) mass is 348 g/mol. The summed E-state index contributed by atoms with van der Waals surface area (Å²) in [6, 6.07) is 4.57. The predicted molar refractivity (Wildman–Crippen MR) is 85.1 cm³/mol. The minimum atomic E-state index is -4.43. The van der Waals surface area contributed by atoms with Crippen LogP contribution in [0.25, 0.3) is 0 Å². The molecule has 0 aromatic heterocycles. The van der Waals surface area contributed by atoms with Crippen molar-refractivity contribution in [3.8, 4) is 5.75 Å². The number of benzene rings is 1. The summed E-state index contributed by atoms with van der Waals surface area (Å²) in [6.45, 7) is 9.98. The molecule has 0 saturated heterocycles. The molecule has 0 N–H and O–H groups in total. The average molecular weight is 348 g/mol. The van der Waals surface area contributed by atoms with Crippen molar-refractivity contribution in [2.75, 3.05) is 6.61 Å². The Morgan fingerprint density at radius 3 is 2.30 bits per heavy atom. The van der Waals surface area contributed by atoms with Gasteiger partial charge in [0.15, 0.2) is 14.6 Å². The van der Waals surface area contributed by atoms with Crippen molar-refractivity contribution in [1.82, 2.24) is 0 Å². The van der Waals surface area contributed by atoms with E-state index >= 15 is 0 Å². The zero-order valence-electron chi connectivity index (χ0n) is 14.0. The topological polar surface area (TPSA) is 35.5 Å². The Kier molecular flexibility index (Phi) is 6.04. The van der Waals surface area contributed by atoms with Crippen LogP contribution in [-0.4, -0.2) is 27.3 Å². The number of alkyl halides is 3. The van der Waals surface area contributed by atoms with Gasteiger partial charge in [-0.25, -0.2) is 0 Å². The molecule has 0 spiro atoms. The van der Waals surface area contributed by atoms with Crippen LogP contribution in [0, 0.1) is 0 Å². The van der Waals surface area contributed by atoms with E-state index in [-0.39, 0.29) is 17.4 Å². The molecule has 0 fully saturated rings. The van der Waals surface area contributed by atoms with Gasteiger partial charge in [0.2, 0.25) is 0 Å². The van der Waals surface area contributed by atoms with Crippen LogP contribution >= 0.6 is 0 Å². The molecule has 23 heavy (non-hydrogen) atoms. The average Bonchev–Trinajstić information content (AvgIpc) is 2.41. The van der Waals surface area contributed by atoms with Crippen molar-refractivity contribution in [1.29, 1.82) is 0 Å². The van der Waals surface area contributed by atoms with Gasteiger partial charge in [0.25, 0.3) is 0 Å². The summed E-state index contributed by atoms with van der Waals surface area (Å²) in [4.78, 5) is 11.2. The third-order valence-corrected chi connectivity index (χ3v) is 8.48. The molecule has 1 aromatic rings. The molecular formula is C16H23F3O3Si. The minimum absolute atomic E-state index is 0.0607. The molecule has 0 aliphatic carbocycles. The van der Waals surface area contributed by atoms with Gasteiger partial charge in [-0.1, -0.05) is 26.8 Å². The lowest BCUT2D eigenvalue weighted by Crippen LogP contribution is -2.45. The molecule has 1 atom stereocenters. The van der Waals surface area contributed by atoms with Gasteiger partial charge in [-0.05, 0) is 36.3 Å². The highest BCUT2D eigenvalue weighted by Crippen LogP contribution is 2.37. The summed E-state index contributed by atoms with van der Waals surface area (Å²) in [5.41, 5.74) is -0.789.